The van der Waals surface area contributed by atoms with Gasteiger partial charge in [-0.2, -0.15) is 0 Å². The molecule has 0 aromatic carbocycles. The average Bonchev–Trinajstić information content (AvgIpc) is 2.27. The number of rotatable bonds is 6. The first-order valence-electron chi connectivity index (χ1n) is 7.05. The lowest BCUT2D eigenvalue weighted by atomic mass is 9.93. The van der Waals surface area contributed by atoms with Gasteiger partial charge in [-0.25, -0.2) is 0 Å². The molecule has 100 valence electrons. The predicted octanol–water partition coefficient (Wildman–Crippen LogP) is 2.62. The van der Waals surface area contributed by atoms with E-state index in [-0.39, 0.29) is 12.0 Å². The fourth-order valence-electron chi connectivity index (χ4n) is 2.36. The van der Waals surface area contributed by atoms with Gasteiger partial charge in [0.25, 0.3) is 0 Å². The molecule has 0 aliphatic heterocycles. The standard InChI is InChI=1S/C14H27NO2/c1-11(2)5-3-4-6-14(17)15-12-7-9-13(16)10-8-12/h11-13,16H,3-10H2,1-2H3,(H,15,17). The Bertz CT molecular complexity index is 220. The van der Waals surface area contributed by atoms with Crippen LogP contribution >= 0.6 is 0 Å². The molecular formula is C14H27NO2. The molecule has 0 heterocycles. The summed E-state index contributed by atoms with van der Waals surface area (Å²) in [4.78, 5) is 11.7. The summed E-state index contributed by atoms with van der Waals surface area (Å²) in [5, 5.41) is 12.5. The van der Waals surface area contributed by atoms with Crippen LogP contribution < -0.4 is 5.32 Å². The molecule has 0 radical (unpaired) electrons. The van der Waals surface area contributed by atoms with Crippen LogP contribution in [-0.4, -0.2) is 23.2 Å². The van der Waals surface area contributed by atoms with Crippen LogP contribution in [0.3, 0.4) is 0 Å². The Hall–Kier alpha value is -0.570. The summed E-state index contributed by atoms with van der Waals surface area (Å²) in [5.74, 6) is 0.924. The third kappa shape index (κ3) is 6.67. The lowest BCUT2D eigenvalue weighted by Crippen LogP contribution is -2.38. The Morgan fingerprint density at radius 3 is 2.47 bits per heavy atom. The van der Waals surface area contributed by atoms with E-state index in [9.17, 15) is 9.90 Å². The summed E-state index contributed by atoms with van der Waals surface area (Å²) in [6, 6.07) is 0.302. The van der Waals surface area contributed by atoms with Gasteiger partial charge in [-0.3, -0.25) is 4.79 Å². The first-order valence-corrected chi connectivity index (χ1v) is 7.05. The van der Waals surface area contributed by atoms with Gasteiger partial charge < -0.3 is 10.4 Å². The maximum Gasteiger partial charge on any atom is 0.220 e. The van der Waals surface area contributed by atoms with Crippen LogP contribution in [-0.2, 0) is 4.79 Å². The first kappa shape index (κ1) is 14.5. The van der Waals surface area contributed by atoms with Gasteiger partial charge >= 0.3 is 0 Å². The van der Waals surface area contributed by atoms with Crippen molar-refractivity contribution in [3.63, 3.8) is 0 Å². The first-order chi connectivity index (χ1) is 8.08. The van der Waals surface area contributed by atoms with E-state index in [1.165, 1.54) is 6.42 Å². The predicted molar refractivity (Wildman–Crippen MR) is 69.7 cm³/mol. The smallest absolute Gasteiger partial charge is 0.220 e. The van der Waals surface area contributed by atoms with Gasteiger partial charge in [0, 0.05) is 12.5 Å². The van der Waals surface area contributed by atoms with E-state index in [1.54, 1.807) is 0 Å². The number of carbonyl (C=O) groups is 1. The van der Waals surface area contributed by atoms with Crippen molar-refractivity contribution in [1.29, 1.82) is 0 Å². The van der Waals surface area contributed by atoms with E-state index < -0.39 is 0 Å². The number of carbonyl (C=O) groups excluding carboxylic acids is 1. The van der Waals surface area contributed by atoms with Gasteiger partial charge in [0.1, 0.15) is 0 Å². The molecule has 0 spiro atoms. The summed E-state index contributed by atoms with van der Waals surface area (Å²) < 4.78 is 0. The quantitative estimate of drug-likeness (QED) is 0.702. The monoisotopic (exact) mass is 241 g/mol. The van der Waals surface area contributed by atoms with Crippen LogP contribution in [0.5, 0.6) is 0 Å². The summed E-state index contributed by atoms with van der Waals surface area (Å²) in [7, 11) is 0. The SMILES string of the molecule is CC(C)CCCCC(=O)NC1CCC(O)CC1. The van der Waals surface area contributed by atoms with E-state index in [4.69, 9.17) is 0 Å². The highest BCUT2D eigenvalue weighted by atomic mass is 16.3. The van der Waals surface area contributed by atoms with Crippen molar-refractivity contribution in [2.45, 2.75) is 77.4 Å². The Labute approximate surface area is 105 Å². The van der Waals surface area contributed by atoms with Crippen molar-refractivity contribution in [2.75, 3.05) is 0 Å². The molecule has 2 N–H and O–H groups in total. The molecule has 1 aliphatic rings. The minimum absolute atomic E-state index is 0.144. The normalized spacial score (nSPS) is 24.9. The third-order valence-corrected chi connectivity index (χ3v) is 3.50. The molecule has 0 saturated heterocycles. The van der Waals surface area contributed by atoms with E-state index in [1.807, 2.05) is 0 Å². The highest BCUT2D eigenvalue weighted by molar-refractivity contribution is 5.76. The fourth-order valence-corrected chi connectivity index (χ4v) is 2.36. The fraction of sp³-hybridized carbons (Fsp3) is 0.929. The topological polar surface area (TPSA) is 49.3 Å². The van der Waals surface area contributed by atoms with Gasteiger partial charge in [0.2, 0.25) is 5.91 Å². The van der Waals surface area contributed by atoms with Crippen molar-refractivity contribution in [3.05, 3.63) is 0 Å². The van der Waals surface area contributed by atoms with E-state index in [0.717, 1.165) is 44.4 Å². The molecule has 1 rings (SSSR count). The zero-order chi connectivity index (χ0) is 12.7. The highest BCUT2D eigenvalue weighted by Gasteiger charge is 2.20. The largest absolute Gasteiger partial charge is 0.393 e. The number of aliphatic hydroxyl groups is 1. The molecule has 17 heavy (non-hydrogen) atoms. The zero-order valence-corrected chi connectivity index (χ0v) is 11.2. The number of unbranched alkanes of at least 4 members (excludes halogenated alkanes) is 1. The number of nitrogens with one attached hydrogen (secondary N) is 1. The molecule has 0 bridgehead atoms. The lowest BCUT2D eigenvalue weighted by molar-refractivity contribution is -0.122. The van der Waals surface area contributed by atoms with Crippen LogP contribution in [0.15, 0.2) is 0 Å². The van der Waals surface area contributed by atoms with Crippen LogP contribution in [0.2, 0.25) is 0 Å². The minimum Gasteiger partial charge on any atom is -0.393 e. The molecule has 1 fully saturated rings. The van der Waals surface area contributed by atoms with Crippen molar-refractivity contribution in [3.8, 4) is 0 Å². The van der Waals surface area contributed by atoms with E-state index in [0.29, 0.717) is 12.5 Å². The van der Waals surface area contributed by atoms with Gasteiger partial charge in [0.15, 0.2) is 0 Å². The summed E-state index contributed by atoms with van der Waals surface area (Å²) in [6.07, 6.45) is 7.39. The van der Waals surface area contributed by atoms with Gasteiger partial charge in [0.05, 0.1) is 6.10 Å². The molecule has 3 nitrogen and oxygen atoms in total. The van der Waals surface area contributed by atoms with Crippen LogP contribution in [0.4, 0.5) is 0 Å². The van der Waals surface area contributed by atoms with Gasteiger partial charge in [-0.1, -0.05) is 26.7 Å². The molecular weight excluding hydrogens is 214 g/mol. The molecule has 1 saturated carbocycles. The Morgan fingerprint density at radius 2 is 1.88 bits per heavy atom. The molecule has 0 aromatic heterocycles. The number of amides is 1. The maximum absolute atomic E-state index is 11.7. The summed E-state index contributed by atoms with van der Waals surface area (Å²) >= 11 is 0. The summed E-state index contributed by atoms with van der Waals surface area (Å²) in [6.45, 7) is 4.43. The van der Waals surface area contributed by atoms with E-state index in [2.05, 4.69) is 19.2 Å². The second kappa shape index (κ2) is 7.70. The second-order valence-electron chi connectivity index (χ2n) is 5.71. The zero-order valence-electron chi connectivity index (χ0n) is 11.2. The van der Waals surface area contributed by atoms with Crippen LogP contribution in [0.1, 0.15) is 65.2 Å². The average molecular weight is 241 g/mol. The minimum atomic E-state index is -0.144. The Kier molecular flexibility index (Phi) is 6.56. The van der Waals surface area contributed by atoms with Gasteiger partial charge in [-0.15, -0.1) is 0 Å². The molecule has 3 heteroatoms. The summed E-state index contributed by atoms with van der Waals surface area (Å²) in [5.41, 5.74) is 0. The molecule has 1 aliphatic carbocycles. The van der Waals surface area contributed by atoms with Crippen LogP contribution in [0, 0.1) is 5.92 Å². The number of hydrogen-bond donors (Lipinski definition) is 2. The Morgan fingerprint density at radius 1 is 1.24 bits per heavy atom. The van der Waals surface area contributed by atoms with Gasteiger partial charge in [-0.05, 0) is 38.0 Å². The molecule has 1 amide bonds. The van der Waals surface area contributed by atoms with Crippen molar-refractivity contribution in [1.82, 2.24) is 5.32 Å². The maximum atomic E-state index is 11.7. The number of hydrogen-bond acceptors (Lipinski definition) is 2. The molecule has 0 aromatic rings. The number of aliphatic hydroxyl groups excluding tert-OH is 1. The van der Waals surface area contributed by atoms with Crippen LogP contribution in [0.25, 0.3) is 0 Å². The third-order valence-electron chi connectivity index (χ3n) is 3.50. The molecule has 0 atom stereocenters. The second-order valence-corrected chi connectivity index (χ2v) is 5.71. The lowest BCUT2D eigenvalue weighted by Gasteiger charge is -2.26. The molecule has 0 unspecified atom stereocenters. The highest BCUT2D eigenvalue weighted by Crippen LogP contribution is 2.18. The Balaban J connectivity index is 2.04. The van der Waals surface area contributed by atoms with Crippen molar-refractivity contribution < 1.29 is 9.90 Å². The van der Waals surface area contributed by atoms with Crippen molar-refractivity contribution >= 4 is 5.91 Å². The van der Waals surface area contributed by atoms with Crippen molar-refractivity contribution in [2.24, 2.45) is 5.92 Å². The van der Waals surface area contributed by atoms with E-state index >= 15 is 0 Å².